The second-order valence-electron chi connectivity index (χ2n) is 8.68. The molecule has 0 radical (unpaired) electrons. The van der Waals surface area contributed by atoms with Crippen LogP contribution in [0.2, 0.25) is 0 Å². The number of pyridine rings is 2. The molecule has 0 N–H and O–H groups in total. The zero-order chi connectivity index (χ0) is 19.2. The molecular weight excluding hydrogens is 328 g/mol. The van der Waals surface area contributed by atoms with Gasteiger partial charge in [-0.15, -0.1) is 0 Å². The fourth-order valence-corrected chi connectivity index (χ4v) is 3.39. The second-order valence-corrected chi connectivity index (χ2v) is 8.68. The highest BCUT2D eigenvalue weighted by atomic mass is 14.7. The third-order valence-corrected chi connectivity index (χ3v) is 5.16. The lowest BCUT2D eigenvalue weighted by Crippen LogP contribution is -2.13. The van der Waals surface area contributed by atoms with Crippen molar-refractivity contribution in [1.29, 1.82) is 0 Å². The zero-order valence-electron chi connectivity index (χ0n) is 16.7. The molecule has 2 heterocycles. The molecule has 27 heavy (non-hydrogen) atoms. The molecule has 4 rings (SSSR count). The Balaban J connectivity index is 1.79. The molecule has 0 fully saturated rings. The Morgan fingerprint density at radius 2 is 1.48 bits per heavy atom. The molecule has 0 saturated carbocycles. The Hall–Kier alpha value is -2.74. The van der Waals surface area contributed by atoms with Gasteiger partial charge in [0.2, 0.25) is 0 Å². The summed E-state index contributed by atoms with van der Waals surface area (Å²) in [6.07, 6.45) is 1.97. The van der Waals surface area contributed by atoms with Crippen molar-refractivity contribution in [2.24, 2.45) is 0 Å². The number of fused-ring (bicyclic) bond motifs is 2. The first kappa shape index (κ1) is 17.7. The fourth-order valence-electron chi connectivity index (χ4n) is 3.39. The van der Waals surface area contributed by atoms with Gasteiger partial charge < -0.3 is 0 Å². The van der Waals surface area contributed by atoms with Crippen molar-refractivity contribution in [2.45, 2.75) is 46.0 Å². The van der Waals surface area contributed by atoms with E-state index >= 15 is 0 Å². The number of benzene rings is 2. The van der Waals surface area contributed by atoms with Crippen molar-refractivity contribution in [3.63, 3.8) is 0 Å². The molecule has 0 aliphatic rings. The summed E-state index contributed by atoms with van der Waals surface area (Å²) in [5.74, 6) is 0.516. The van der Waals surface area contributed by atoms with Crippen LogP contribution in [0.5, 0.6) is 0 Å². The molecule has 2 nitrogen and oxygen atoms in total. The van der Waals surface area contributed by atoms with Crippen molar-refractivity contribution in [1.82, 2.24) is 9.97 Å². The summed E-state index contributed by atoms with van der Waals surface area (Å²) in [7, 11) is 0. The third kappa shape index (κ3) is 3.44. The molecule has 0 saturated heterocycles. The van der Waals surface area contributed by atoms with Crippen LogP contribution in [0.4, 0.5) is 0 Å². The van der Waals surface area contributed by atoms with Crippen molar-refractivity contribution >= 4 is 21.8 Å². The predicted octanol–water partition coefficient (Wildman–Crippen LogP) is 6.87. The predicted molar refractivity (Wildman–Crippen MR) is 115 cm³/mol. The standard InChI is InChI=1S/C25H26N2/c1-16(2)17-6-9-22-20(12-17)14-21(15-26-22)18-7-10-23-19(13-18)8-11-24(27-23)25(3,4)5/h6-16H,1-5H3. The topological polar surface area (TPSA) is 25.8 Å². The van der Waals surface area contributed by atoms with Crippen LogP contribution in [0.1, 0.15) is 51.8 Å². The summed E-state index contributed by atoms with van der Waals surface area (Å²) in [4.78, 5) is 9.52. The first-order chi connectivity index (χ1) is 12.8. The number of aromatic nitrogens is 2. The van der Waals surface area contributed by atoms with E-state index in [0.717, 1.165) is 27.7 Å². The molecule has 2 aromatic carbocycles. The van der Waals surface area contributed by atoms with E-state index in [1.807, 2.05) is 6.20 Å². The SMILES string of the molecule is CC(C)c1ccc2ncc(-c3ccc4nc(C(C)(C)C)ccc4c3)cc2c1. The lowest BCUT2D eigenvalue weighted by Gasteiger charge is -2.18. The first-order valence-electron chi connectivity index (χ1n) is 9.63. The van der Waals surface area contributed by atoms with Crippen LogP contribution in [0, 0.1) is 0 Å². The molecule has 4 aromatic rings. The van der Waals surface area contributed by atoms with Crippen LogP contribution < -0.4 is 0 Å². The lowest BCUT2D eigenvalue weighted by molar-refractivity contribution is 0.571. The van der Waals surface area contributed by atoms with Gasteiger partial charge in [0.05, 0.1) is 11.0 Å². The van der Waals surface area contributed by atoms with E-state index in [-0.39, 0.29) is 5.41 Å². The van der Waals surface area contributed by atoms with Crippen LogP contribution in [0.3, 0.4) is 0 Å². The average molecular weight is 354 g/mol. The highest BCUT2D eigenvalue weighted by Gasteiger charge is 2.15. The normalized spacial score (nSPS) is 12.2. The van der Waals surface area contributed by atoms with E-state index in [4.69, 9.17) is 4.98 Å². The van der Waals surface area contributed by atoms with E-state index < -0.39 is 0 Å². The Kier molecular flexibility index (Phi) is 4.22. The number of rotatable bonds is 2. The number of nitrogens with zero attached hydrogens (tertiary/aromatic N) is 2. The average Bonchev–Trinajstić information content (AvgIpc) is 2.65. The molecule has 2 heteroatoms. The van der Waals surface area contributed by atoms with Gasteiger partial charge in [0.25, 0.3) is 0 Å². The molecule has 136 valence electrons. The first-order valence-corrected chi connectivity index (χ1v) is 9.63. The van der Waals surface area contributed by atoms with Crippen LogP contribution in [0.25, 0.3) is 32.9 Å². The van der Waals surface area contributed by atoms with Gasteiger partial charge in [0.15, 0.2) is 0 Å². The van der Waals surface area contributed by atoms with Gasteiger partial charge in [0, 0.05) is 33.6 Å². The molecule has 0 amide bonds. The summed E-state index contributed by atoms with van der Waals surface area (Å²) >= 11 is 0. The zero-order valence-corrected chi connectivity index (χ0v) is 16.7. The number of hydrogen-bond donors (Lipinski definition) is 0. The summed E-state index contributed by atoms with van der Waals surface area (Å²) in [6, 6.07) is 19.6. The third-order valence-electron chi connectivity index (χ3n) is 5.16. The van der Waals surface area contributed by atoms with Gasteiger partial charge in [-0.25, -0.2) is 0 Å². The maximum atomic E-state index is 4.85. The van der Waals surface area contributed by atoms with Crippen molar-refractivity contribution in [3.05, 3.63) is 72.1 Å². The van der Waals surface area contributed by atoms with Gasteiger partial charge in [-0.3, -0.25) is 9.97 Å². The molecule has 0 unspecified atom stereocenters. The summed E-state index contributed by atoms with van der Waals surface area (Å²) in [5.41, 5.74) is 6.93. The monoisotopic (exact) mass is 354 g/mol. The Morgan fingerprint density at radius 1 is 0.741 bits per heavy atom. The van der Waals surface area contributed by atoms with E-state index in [2.05, 4.69) is 94.2 Å². The summed E-state index contributed by atoms with van der Waals surface area (Å²) < 4.78 is 0. The largest absolute Gasteiger partial charge is 0.256 e. The van der Waals surface area contributed by atoms with E-state index in [1.54, 1.807) is 0 Å². The lowest BCUT2D eigenvalue weighted by atomic mass is 9.91. The van der Waals surface area contributed by atoms with Crippen LogP contribution in [-0.2, 0) is 5.41 Å². The van der Waals surface area contributed by atoms with Gasteiger partial charge in [-0.1, -0.05) is 52.8 Å². The van der Waals surface area contributed by atoms with E-state index in [0.29, 0.717) is 5.92 Å². The van der Waals surface area contributed by atoms with Crippen molar-refractivity contribution < 1.29 is 0 Å². The molecule has 0 spiro atoms. The minimum absolute atomic E-state index is 0.0588. The van der Waals surface area contributed by atoms with Gasteiger partial charge in [-0.2, -0.15) is 0 Å². The Labute approximate surface area is 161 Å². The molecule has 2 aromatic heterocycles. The minimum Gasteiger partial charge on any atom is -0.256 e. The van der Waals surface area contributed by atoms with E-state index in [1.165, 1.54) is 16.5 Å². The van der Waals surface area contributed by atoms with Crippen LogP contribution in [-0.4, -0.2) is 9.97 Å². The fraction of sp³-hybridized carbons (Fsp3) is 0.280. The van der Waals surface area contributed by atoms with Gasteiger partial charge in [0.1, 0.15) is 0 Å². The quantitative estimate of drug-likeness (QED) is 0.392. The molecule has 0 aliphatic carbocycles. The van der Waals surface area contributed by atoms with Crippen molar-refractivity contribution in [2.75, 3.05) is 0 Å². The Bertz CT molecular complexity index is 1130. The van der Waals surface area contributed by atoms with Crippen LogP contribution in [0.15, 0.2) is 60.8 Å². The molecular formula is C25H26N2. The minimum atomic E-state index is 0.0588. The maximum absolute atomic E-state index is 4.85. The number of hydrogen-bond acceptors (Lipinski definition) is 2. The Morgan fingerprint density at radius 3 is 2.22 bits per heavy atom. The summed E-state index contributed by atoms with van der Waals surface area (Å²) in [6.45, 7) is 11.0. The van der Waals surface area contributed by atoms with Crippen LogP contribution >= 0.6 is 0 Å². The van der Waals surface area contributed by atoms with Gasteiger partial charge >= 0.3 is 0 Å². The summed E-state index contributed by atoms with van der Waals surface area (Å²) in [5, 5.41) is 2.36. The van der Waals surface area contributed by atoms with Crippen molar-refractivity contribution in [3.8, 4) is 11.1 Å². The highest BCUT2D eigenvalue weighted by molar-refractivity contribution is 5.88. The second kappa shape index (κ2) is 6.45. The smallest absolute Gasteiger partial charge is 0.0705 e. The maximum Gasteiger partial charge on any atom is 0.0705 e. The molecule has 0 aliphatic heterocycles. The van der Waals surface area contributed by atoms with Gasteiger partial charge in [-0.05, 0) is 53.4 Å². The van der Waals surface area contributed by atoms with E-state index in [9.17, 15) is 0 Å². The molecule has 0 bridgehead atoms. The highest BCUT2D eigenvalue weighted by Crippen LogP contribution is 2.29. The molecule has 0 atom stereocenters.